The van der Waals surface area contributed by atoms with Crippen molar-refractivity contribution in [2.45, 2.75) is 70.8 Å². The van der Waals surface area contributed by atoms with E-state index in [0.29, 0.717) is 43.9 Å². The molecule has 0 spiro atoms. The SMILES string of the molecule is C[C@]12C=CC(=O)OC1CC[C@@H]1[C@@H]2CC[C@]2(C)C(C(=O)Nc3cc(C(F)(F)F)ccc3C(F)(F)F)CC[C@@H]12. The Morgan fingerprint density at radius 1 is 0.973 bits per heavy atom. The van der Waals surface area contributed by atoms with E-state index >= 15 is 0 Å². The highest BCUT2D eigenvalue weighted by atomic mass is 19.4. The van der Waals surface area contributed by atoms with E-state index in [0.717, 1.165) is 12.8 Å². The number of hydrogen-bond donors (Lipinski definition) is 1. The average molecular weight is 530 g/mol. The molecule has 3 saturated carbocycles. The van der Waals surface area contributed by atoms with Crippen molar-refractivity contribution in [1.82, 2.24) is 0 Å². The van der Waals surface area contributed by atoms with Crippen LogP contribution < -0.4 is 5.32 Å². The number of benzene rings is 1. The van der Waals surface area contributed by atoms with E-state index in [9.17, 15) is 35.9 Å². The number of alkyl halides is 6. The maximum atomic E-state index is 13.6. The third-order valence-electron chi connectivity index (χ3n) is 9.76. The lowest BCUT2D eigenvalue weighted by atomic mass is 9.48. The van der Waals surface area contributed by atoms with Gasteiger partial charge in [0.05, 0.1) is 16.8 Å². The molecule has 37 heavy (non-hydrogen) atoms. The summed E-state index contributed by atoms with van der Waals surface area (Å²) in [6.07, 6.45) is -2.39. The molecule has 1 heterocycles. The predicted octanol–water partition coefficient (Wildman–Crippen LogP) is 7.00. The van der Waals surface area contributed by atoms with Gasteiger partial charge < -0.3 is 10.1 Å². The van der Waals surface area contributed by atoms with E-state index in [4.69, 9.17) is 4.74 Å². The number of hydrogen-bond acceptors (Lipinski definition) is 3. The van der Waals surface area contributed by atoms with Crippen molar-refractivity contribution in [1.29, 1.82) is 0 Å². The number of esters is 1. The first-order valence-corrected chi connectivity index (χ1v) is 12.6. The molecule has 5 rings (SSSR count). The Hall–Kier alpha value is -2.52. The summed E-state index contributed by atoms with van der Waals surface area (Å²) in [4.78, 5) is 25.2. The first kappa shape index (κ1) is 26.1. The number of carbonyl (C=O) groups is 2. The number of halogens is 6. The Morgan fingerprint density at radius 2 is 1.70 bits per heavy atom. The molecule has 1 aromatic carbocycles. The number of rotatable bonds is 2. The van der Waals surface area contributed by atoms with Crippen LogP contribution in [0.4, 0.5) is 32.0 Å². The molecule has 2 unspecified atom stereocenters. The smallest absolute Gasteiger partial charge is 0.418 e. The minimum absolute atomic E-state index is 0.148. The maximum Gasteiger partial charge on any atom is 0.418 e. The van der Waals surface area contributed by atoms with E-state index < -0.39 is 46.4 Å². The molecule has 4 nitrogen and oxygen atoms in total. The van der Waals surface area contributed by atoms with Crippen molar-refractivity contribution in [2.75, 3.05) is 5.32 Å². The second-order valence-electron chi connectivity index (χ2n) is 11.5. The van der Waals surface area contributed by atoms with Gasteiger partial charge in [0.2, 0.25) is 5.91 Å². The number of ether oxygens (including phenoxy) is 1. The summed E-state index contributed by atoms with van der Waals surface area (Å²) in [5.41, 5.74) is -4.21. The molecule has 0 aromatic heterocycles. The zero-order valence-electron chi connectivity index (χ0n) is 20.5. The van der Waals surface area contributed by atoms with Crippen LogP contribution in [0.1, 0.15) is 63.5 Å². The Labute approximate surface area is 210 Å². The lowest BCUT2D eigenvalue weighted by Crippen LogP contribution is -2.55. The van der Waals surface area contributed by atoms with E-state index in [1.165, 1.54) is 6.08 Å². The molecule has 0 bridgehead atoms. The van der Waals surface area contributed by atoms with Crippen LogP contribution in [0.2, 0.25) is 0 Å². The summed E-state index contributed by atoms with van der Waals surface area (Å²) >= 11 is 0. The molecule has 7 atom stereocenters. The molecule has 1 aliphatic heterocycles. The molecule has 0 saturated heterocycles. The second kappa shape index (κ2) is 8.50. The number of carbonyl (C=O) groups excluding carboxylic acids is 2. The molecule has 3 aliphatic carbocycles. The summed E-state index contributed by atoms with van der Waals surface area (Å²) in [5.74, 6) is -0.963. The molecule has 3 fully saturated rings. The number of fused-ring (bicyclic) bond motifs is 5. The van der Waals surface area contributed by atoms with Gasteiger partial charge in [0.25, 0.3) is 0 Å². The topological polar surface area (TPSA) is 55.4 Å². The zero-order chi connectivity index (χ0) is 27.0. The minimum atomic E-state index is -4.92. The zero-order valence-corrected chi connectivity index (χ0v) is 20.5. The quantitative estimate of drug-likeness (QED) is 0.332. The van der Waals surface area contributed by atoms with Gasteiger partial charge in [-0.1, -0.05) is 19.9 Å². The lowest BCUT2D eigenvalue weighted by molar-refractivity contribution is -0.167. The lowest BCUT2D eigenvalue weighted by Gasteiger charge is -2.58. The van der Waals surface area contributed by atoms with Gasteiger partial charge in [0.1, 0.15) is 6.10 Å². The van der Waals surface area contributed by atoms with Crippen molar-refractivity contribution in [2.24, 2.45) is 34.5 Å². The average Bonchev–Trinajstić information content (AvgIpc) is 3.15. The molecule has 1 amide bonds. The van der Waals surface area contributed by atoms with E-state index in [1.807, 2.05) is 13.0 Å². The van der Waals surface area contributed by atoms with Crippen LogP contribution in [0.25, 0.3) is 0 Å². The van der Waals surface area contributed by atoms with Crippen LogP contribution in [0, 0.1) is 34.5 Å². The Balaban J connectivity index is 1.40. The van der Waals surface area contributed by atoms with Gasteiger partial charge in [-0.3, -0.25) is 4.79 Å². The van der Waals surface area contributed by atoms with E-state index in [-0.39, 0.29) is 35.2 Å². The van der Waals surface area contributed by atoms with Crippen LogP contribution >= 0.6 is 0 Å². The Kier molecular flexibility index (Phi) is 5.99. The number of nitrogens with one attached hydrogen (secondary N) is 1. The maximum absolute atomic E-state index is 13.6. The number of amides is 1. The molecule has 1 N–H and O–H groups in total. The predicted molar refractivity (Wildman–Crippen MR) is 122 cm³/mol. The van der Waals surface area contributed by atoms with E-state index in [2.05, 4.69) is 12.2 Å². The Bertz CT molecular complexity index is 1140. The Morgan fingerprint density at radius 3 is 2.38 bits per heavy atom. The fourth-order valence-corrected chi connectivity index (χ4v) is 7.92. The highest BCUT2D eigenvalue weighted by Crippen LogP contribution is 2.65. The van der Waals surface area contributed by atoms with Gasteiger partial charge in [-0.15, -0.1) is 0 Å². The van der Waals surface area contributed by atoms with Crippen molar-refractivity contribution in [3.8, 4) is 0 Å². The van der Waals surface area contributed by atoms with Crippen molar-refractivity contribution in [3.05, 3.63) is 41.5 Å². The summed E-state index contributed by atoms with van der Waals surface area (Å²) in [6.45, 7) is 4.10. The van der Waals surface area contributed by atoms with Crippen molar-refractivity contribution >= 4 is 17.6 Å². The fraction of sp³-hybridized carbons (Fsp3) is 0.630. The second-order valence-corrected chi connectivity index (χ2v) is 11.5. The molecule has 4 aliphatic rings. The van der Waals surface area contributed by atoms with Gasteiger partial charge in [0, 0.05) is 17.4 Å². The van der Waals surface area contributed by atoms with Crippen LogP contribution in [0.5, 0.6) is 0 Å². The first-order valence-electron chi connectivity index (χ1n) is 12.6. The molecular weight excluding hydrogens is 500 g/mol. The highest BCUT2D eigenvalue weighted by Gasteiger charge is 2.61. The van der Waals surface area contributed by atoms with Crippen molar-refractivity contribution < 1.29 is 40.7 Å². The summed E-state index contributed by atoms with van der Waals surface area (Å²) in [6, 6.07) is 1.11. The summed E-state index contributed by atoms with van der Waals surface area (Å²) < 4.78 is 86.0. The monoisotopic (exact) mass is 529 g/mol. The summed E-state index contributed by atoms with van der Waals surface area (Å²) in [7, 11) is 0. The summed E-state index contributed by atoms with van der Waals surface area (Å²) in [5, 5.41) is 2.23. The fourth-order valence-electron chi connectivity index (χ4n) is 7.92. The minimum Gasteiger partial charge on any atom is -0.458 e. The van der Waals surface area contributed by atoms with Crippen molar-refractivity contribution in [3.63, 3.8) is 0 Å². The first-order chi connectivity index (χ1) is 17.1. The third kappa shape index (κ3) is 4.24. The molecule has 202 valence electrons. The van der Waals surface area contributed by atoms with Gasteiger partial charge in [0.15, 0.2) is 0 Å². The molecule has 1 aromatic rings. The van der Waals surface area contributed by atoms with Crippen LogP contribution in [-0.4, -0.2) is 18.0 Å². The van der Waals surface area contributed by atoms with Gasteiger partial charge in [-0.2, -0.15) is 26.3 Å². The van der Waals surface area contributed by atoms with Gasteiger partial charge in [-0.05, 0) is 79.9 Å². The third-order valence-corrected chi connectivity index (χ3v) is 9.76. The van der Waals surface area contributed by atoms with Crippen LogP contribution in [0.15, 0.2) is 30.4 Å². The largest absolute Gasteiger partial charge is 0.458 e. The highest BCUT2D eigenvalue weighted by molar-refractivity contribution is 5.94. The molecular formula is C27H29F6NO3. The standard InChI is InChI=1S/C27H29F6NO3/c1-24-11-9-17-15(4-8-21-25(17,2)12-10-22(35)37-21)16(24)6-7-19(24)23(36)34-20-13-14(26(28,29)30)3-5-18(20)27(31,32)33/h3,5,10,12-13,15-17,19,21H,4,6-9,11H2,1-2H3,(H,34,36)/t15-,16-,17-,19?,21?,24-,25+/m0/s1. The van der Waals surface area contributed by atoms with Gasteiger partial charge in [-0.25, -0.2) is 4.79 Å². The van der Waals surface area contributed by atoms with E-state index in [1.54, 1.807) is 0 Å². The molecule has 10 heteroatoms. The normalized spacial score (nSPS) is 37.3. The van der Waals surface area contributed by atoms with Crippen LogP contribution in [0.3, 0.4) is 0 Å². The molecule has 0 radical (unpaired) electrons. The number of anilines is 1. The van der Waals surface area contributed by atoms with Gasteiger partial charge >= 0.3 is 18.3 Å². The van der Waals surface area contributed by atoms with Crippen LogP contribution in [-0.2, 0) is 26.7 Å².